The van der Waals surface area contributed by atoms with E-state index in [1.807, 2.05) is 16.7 Å². The van der Waals surface area contributed by atoms with Crippen molar-refractivity contribution in [1.29, 1.82) is 0 Å². The molecular formula is C19H18FN3O3S. The van der Waals surface area contributed by atoms with Crippen LogP contribution in [0.3, 0.4) is 0 Å². The van der Waals surface area contributed by atoms with Crippen LogP contribution in [0.4, 0.5) is 4.39 Å². The van der Waals surface area contributed by atoms with Crippen LogP contribution in [-0.2, 0) is 6.54 Å². The van der Waals surface area contributed by atoms with Gasteiger partial charge in [-0.1, -0.05) is 11.8 Å². The van der Waals surface area contributed by atoms with E-state index in [1.165, 1.54) is 31.0 Å². The van der Waals surface area contributed by atoms with Crippen LogP contribution in [-0.4, -0.2) is 33.4 Å². The van der Waals surface area contributed by atoms with E-state index in [-0.39, 0.29) is 17.3 Å². The van der Waals surface area contributed by atoms with Gasteiger partial charge in [-0.15, -0.1) is 10.2 Å². The Kier molecular flexibility index (Phi) is 4.98. The van der Waals surface area contributed by atoms with Crippen LogP contribution in [0.1, 0.15) is 40.7 Å². The van der Waals surface area contributed by atoms with E-state index in [0.717, 1.165) is 24.4 Å². The second kappa shape index (κ2) is 7.56. The predicted octanol–water partition coefficient (Wildman–Crippen LogP) is 3.92. The Labute approximate surface area is 159 Å². The van der Waals surface area contributed by atoms with Crippen molar-refractivity contribution >= 4 is 17.5 Å². The van der Waals surface area contributed by atoms with Gasteiger partial charge in [-0.25, -0.2) is 4.39 Å². The summed E-state index contributed by atoms with van der Waals surface area (Å²) in [5.74, 6) is 1.69. The van der Waals surface area contributed by atoms with Gasteiger partial charge in [0, 0.05) is 11.5 Å². The molecule has 0 saturated heterocycles. The number of carbonyl (C=O) groups excluding carboxylic acids is 1. The number of halogens is 1. The number of thioether (sulfide) groups is 1. The molecule has 8 heteroatoms. The second-order valence-electron chi connectivity index (χ2n) is 6.34. The lowest BCUT2D eigenvalue weighted by molar-refractivity contribution is 0.102. The normalized spacial score (nSPS) is 13.7. The fourth-order valence-corrected chi connectivity index (χ4v) is 3.65. The Balaban J connectivity index is 1.49. The zero-order valence-corrected chi connectivity index (χ0v) is 15.5. The van der Waals surface area contributed by atoms with Gasteiger partial charge in [0.2, 0.25) is 0 Å². The molecule has 27 heavy (non-hydrogen) atoms. The number of rotatable bonds is 8. The van der Waals surface area contributed by atoms with Gasteiger partial charge < -0.3 is 9.15 Å². The molecule has 4 rings (SSSR count). The van der Waals surface area contributed by atoms with E-state index in [9.17, 15) is 9.18 Å². The maximum atomic E-state index is 13.8. The third kappa shape index (κ3) is 3.90. The molecule has 1 fully saturated rings. The number of Topliss-reactive ketones (excluding diaryl/α,β-unsaturated/α-hetero) is 1. The average molecular weight is 387 g/mol. The standard InChI is InChI=1S/C19H18FN3O3S/c1-25-17-7-6-13(9-15(17)20)16(24)11-27-19-22-21-18(12-4-5-12)23(19)10-14-3-2-8-26-14/h2-3,6-9,12H,4-5,10-11H2,1H3. The molecule has 6 nitrogen and oxygen atoms in total. The summed E-state index contributed by atoms with van der Waals surface area (Å²) >= 11 is 1.30. The van der Waals surface area contributed by atoms with Crippen LogP contribution in [0.2, 0.25) is 0 Å². The molecule has 0 unspecified atom stereocenters. The molecular weight excluding hydrogens is 369 g/mol. The van der Waals surface area contributed by atoms with Crippen LogP contribution in [0.5, 0.6) is 5.75 Å². The van der Waals surface area contributed by atoms with Gasteiger partial charge in [-0.2, -0.15) is 0 Å². The lowest BCUT2D eigenvalue weighted by atomic mass is 10.1. The van der Waals surface area contributed by atoms with Crippen molar-refractivity contribution in [2.24, 2.45) is 0 Å². The highest BCUT2D eigenvalue weighted by molar-refractivity contribution is 7.99. The maximum Gasteiger partial charge on any atom is 0.192 e. The highest BCUT2D eigenvalue weighted by Gasteiger charge is 2.30. The summed E-state index contributed by atoms with van der Waals surface area (Å²) in [5.41, 5.74) is 0.306. The van der Waals surface area contributed by atoms with Crippen molar-refractivity contribution in [1.82, 2.24) is 14.8 Å². The molecule has 2 aromatic heterocycles. The number of furan rings is 1. The molecule has 0 spiro atoms. The number of benzene rings is 1. The minimum absolute atomic E-state index is 0.117. The first-order chi connectivity index (χ1) is 13.2. The molecule has 1 aliphatic carbocycles. The van der Waals surface area contributed by atoms with Crippen LogP contribution >= 0.6 is 11.8 Å². The van der Waals surface area contributed by atoms with Crippen LogP contribution in [0, 0.1) is 5.82 Å². The lowest BCUT2D eigenvalue weighted by Crippen LogP contribution is -2.08. The minimum Gasteiger partial charge on any atom is -0.494 e. The largest absolute Gasteiger partial charge is 0.494 e. The maximum absolute atomic E-state index is 13.8. The first kappa shape index (κ1) is 17.8. The molecule has 0 aliphatic heterocycles. The molecule has 0 amide bonds. The predicted molar refractivity (Wildman–Crippen MR) is 97.8 cm³/mol. The third-order valence-electron chi connectivity index (χ3n) is 4.39. The van der Waals surface area contributed by atoms with E-state index in [0.29, 0.717) is 23.2 Å². The number of hydrogen-bond donors (Lipinski definition) is 0. The number of ether oxygens (including phenoxy) is 1. The summed E-state index contributed by atoms with van der Waals surface area (Å²) in [6.45, 7) is 0.527. The van der Waals surface area contributed by atoms with Crippen molar-refractivity contribution in [2.45, 2.75) is 30.5 Å². The highest BCUT2D eigenvalue weighted by Crippen LogP contribution is 2.40. The number of ketones is 1. The number of methoxy groups -OCH3 is 1. The average Bonchev–Trinajstić information content (AvgIpc) is 3.24. The zero-order chi connectivity index (χ0) is 18.8. The monoisotopic (exact) mass is 387 g/mol. The summed E-state index contributed by atoms with van der Waals surface area (Å²) in [7, 11) is 1.39. The first-order valence-corrected chi connectivity index (χ1v) is 9.59. The number of nitrogens with zero attached hydrogens (tertiary/aromatic N) is 3. The van der Waals surface area contributed by atoms with Gasteiger partial charge in [0.1, 0.15) is 11.6 Å². The van der Waals surface area contributed by atoms with Gasteiger partial charge in [-0.3, -0.25) is 9.36 Å². The molecule has 140 valence electrons. The Morgan fingerprint density at radius 1 is 1.37 bits per heavy atom. The Bertz CT molecular complexity index is 951. The molecule has 1 saturated carbocycles. The van der Waals surface area contributed by atoms with Crippen molar-refractivity contribution < 1.29 is 18.3 Å². The molecule has 3 aromatic rings. The van der Waals surface area contributed by atoms with E-state index < -0.39 is 5.82 Å². The van der Waals surface area contributed by atoms with Gasteiger partial charge in [0.05, 0.1) is 25.7 Å². The molecule has 0 N–H and O–H groups in total. The third-order valence-corrected chi connectivity index (χ3v) is 5.35. The fourth-order valence-electron chi connectivity index (χ4n) is 2.81. The second-order valence-corrected chi connectivity index (χ2v) is 7.28. The quantitative estimate of drug-likeness (QED) is 0.431. The van der Waals surface area contributed by atoms with Gasteiger partial charge in [0.15, 0.2) is 22.5 Å². The summed E-state index contributed by atoms with van der Waals surface area (Å²) in [6.07, 6.45) is 3.83. The summed E-state index contributed by atoms with van der Waals surface area (Å²) < 4.78 is 26.2. The molecule has 1 aromatic carbocycles. The van der Waals surface area contributed by atoms with Crippen molar-refractivity contribution in [2.75, 3.05) is 12.9 Å². The highest BCUT2D eigenvalue weighted by atomic mass is 32.2. The van der Waals surface area contributed by atoms with E-state index in [1.54, 1.807) is 12.3 Å². The van der Waals surface area contributed by atoms with Crippen molar-refractivity contribution in [3.8, 4) is 5.75 Å². The Hall–Kier alpha value is -2.61. The molecule has 0 radical (unpaired) electrons. The minimum atomic E-state index is -0.551. The van der Waals surface area contributed by atoms with E-state index in [4.69, 9.17) is 9.15 Å². The smallest absolute Gasteiger partial charge is 0.192 e. The van der Waals surface area contributed by atoms with Crippen molar-refractivity contribution in [3.63, 3.8) is 0 Å². The number of hydrogen-bond acceptors (Lipinski definition) is 6. The zero-order valence-electron chi connectivity index (χ0n) is 14.7. The first-order valence-electron chi connectivity index (χ1n) is 8.60. The van der Waals surface area contributed by atoms with Gasteiger partial charge >= 0.3 is 0 Å². The summed E-state index contributed by atoms with van der Waals surface area (Å²) in [4.78, 5) is 12.4. The molecule has 0 bridgehead atoms. The molecule has 0 atom stereocenters. The molecule has 1 aliphatic rings. The topological polar surface area (TPSA) is 70.2 Å². The van der Waals surface area contributed by atoms with E-state index >= 15 is 0 Å². The SMILES string of the molecule is COc1ccc(C(=O)CSc2nnc(C3CC3)n2Cc2ccco2)cc1F. The number of carbonyl (C=O) groups is 1. The Morgan fingerprint density at radius 3 is 2.89 bits per heavy atom. The van der Waals surface area contributed by atoms with E-state index in [2.05, 4.69) is 10.2 Å². The summed E-state index contributed by atoms with van der Waals surface area (Å²) in [5, 5.41) is 9.23. The van der Waals surface area contributed by atoms with Crippen LogP contribution in [0.25, 0.3) is 0 Å². The summed E-state index contributed by atoms with van der Waals surface area (Å²) in [6, 6.07) is 7.96. The number of aromatic nitrogens is 3. The van der Waals surface area contributed by atoms with Crippen LogP contribution < -0.4 is 4.74 Å². The Morgan fingerprint density at radius 2 is 2.22 bits per heavy atom. The van der Waals surface area contributed by atoms with Gasteiger partial charge in [-0.05, 0) is 43.2 Å². The van der Waals surface area contributed by atoms with Gasteiger partial charge in [0.25, 0.3) is 0 Å². The van der Waals surface area contributed by atoms with Crippen molar-refractivity contribution in [3.05, 3.63) is 59.6 Å². The fraction of sp³-hybridized carbons (Fsp3) is 0.316. The lowest BCUT2D eigenvalue weighted by Gasteiger charge is -2.08. The van der Waals surface area contributed by atoms with Crippen LogP contribution in [0.15, 0.2) is 46.2 Å². The molecule has 2 heterocycles.